The number of halogens is 3. The molecule has 0 aliphatic carbocycles. The Balaban J connectivity index is 1.85. The molecule has 2 aromatic carbocycles. The Morgan fingerprint density at radius 1 is 1.03 bits per heavy atom. The van der Waals surface area contributed by atoms with Gasteiger partial charge in [-0.2, -0.15) is 18.2 Å². The Morgan fingerprint density at radius 2 is 1.74 bits per heavy atom. The van der Waals surface area contributed by atoms with Gasteiger partial charge in [0.1, 0.15) is 12.2 Å². The van der Waals surface area contributed by atoms with E-state index in [-0.39, 0.29) is 30.6 Å². The van der Waals surface area contributed by atoms with E-state index in [0.29, 0.717) is 11.1 Å². The molecule has 0 saturated carbocycles. The van der Waals surface area contributed by atoms with Crippen LogP contribution in [0.3, 0.4) is 0 Å². The number of esters is 1. The highest BCUT2D eigenvalue weighted by Crippen LogP contribution is 2.31. The number of aromatic nitrogens is 2. The average Bonchev–Trinajstić information content (AvgIpc) is 2.84. The third kappa shape index (κ3) is 6.47. The summed E-state index contributed by atoms with van der Waals surface area (Å²) in [5.41, 5.74) is 0.801. The molecule has 0 unspecified atom stereocenters. The number of hydrogen-bond acceptors (Lipinski definition) is 7. The second kappa shape index (κ2) is 11.2. The zero-order chi connectivity index (χ0) is 24.6. The van der Waals surface area contributed by atoms with E-state index in [1.54, 1.807) is 24.3 Å². The van der Waals surface area contributed by atoms with Gasteiger partial charge in [-0.25, -0.2) is 9.78 Å². The van der Waals surface area contributed by atoms with Crippen molar-refractivity contribution in [3.05, 3.63) is 89.3 Å². The van der Waals surface area contributed by atoms with Crippen molar-refractivity contribution in [1.82, 2.24) is 9.97 Å². The van der Waals surface area contributed by atoms with E-state index in [9.17, 15) is 18.0 Å². The van der Waals surface area contributed by atoms with E-state index in [4.69, 9.17) is 14.2 Å². The first kappa shape index (κ1) is 24.6. The summed E-state index contributed by atoms with van der Waals surface area (Å²) in [5.74, 6) is -1.14. The highest BCUT2D eigenvalue weighted by atomic mass is 19.4. The zero-order valence-corrected chi connectivity index (χ0v) is 18.4. The van der Waals surface area contributed by atoms with Crippen LogP contribution in [0.2, 0.25) is 0 Å². The molecule has 0 atom stereocenters. The molecule has 0 bridgehead atoms. The highest BCUT2D eigenvalue weighted by molar-refractivity contribution is 6.16. The van der Waals surface area contributed by atoms with Crippen LogP contribution in [-0.2, 0) is 33.6 Å². The summed E-state index contributed by atoms with van der Waals surface area (Å²) in [6.07, 6.45) is -3.47. The molecule has 0 fully saturated rings. The molecule has 0 saturated heterocycles. The molecule has 0 radical (unpaired) electrons. The van der Waals surface area contributed by atoms with Crippen molar-refractivity contribution in [3.8, 4) is 5.88 Å². The van der Waals surface area contributed by atoms with Crippen LogP contribution in [0.15, 0.2) is 66.9 Å². The molecular formula is C24H22F3N3O4. The average molecular weight is 473 g/mol. The summed E-state index contributed by atoms with van der Waals surface area (Å²) < 4.78 is 55.6. The third-order valence-corrected chi connectivity index (χ3v) is 4.61. The van der Waals surface area contributed by atoms with E-state index in [2.05, 4.69) is 15.3 Å². The van der Waals surface area contributed by atoms with Crippen molar-refractivity contribution in [2.45, 2.75) is 19.3 Å². The Kier molecular flexibility index (Phi) is 8.07. The van der Waals surface area contributed by atoms with E-state index >= 15 is 0 Å². The smallest absolute Gasteiger partial charge is 0.433 e. The Labute approximate surface area is 194 Å². The first-order chi connectivity index (χ1) is 16.3. The molecule has 0 aliphatic rings. The largest absolute Gasteiger partial charge is 0.503 e. The van der Waals surface area contributed by atoms with Gasteiger partial charge in [-0.05, 0) is 16.7 Å². The molecule has 3 rings (SSSR count). The number of hydrogen-bond donors (Lipinski definition) is 1. The summed E-state index contributed by atoms with van der Waals surface area (Å²) in [6.45, 7) is 0.0649. The molecule has 0 spiro atoms. The maximum absolute atomic E-state index is 13.4. The third-order valence-electron chi connectivity index (χ3n) is 4.61. The van der Waals surface area contributed by atoms with Gasteiger partial charge in [0, 0.05) is 12.6 Å². The lowest BCUT2D eigenvalue weighted by molar-refractivity contribution is -0.141. The van der Waals surface area contributed by atoms with Gasteiger partial charge in [0.2, 0.25) is 11.8 Å². The molecule has 10 heteroatoms. The number of benzene rings is 2. The number of rotatable bonds is 9. The molecule has 0 amide bonds. The topological polar surface area (TPSA) is 82.6 Å². The number of methoxy groups -OCH3 is 2. The fraction of sp³-hybridized carbons (Fsp3) is 0.208. The van der Waals surface area contributed by atoms with E-state index in [1.807, 2.05) is 30.3 Å². The van der Waals surface area contributed by atoms with Crippen LogP contribution in [0.5, 0.6) is 5.88 Å². The Hall–Kier alpha value is -4.08. The number of ether oxygens (including phenoxy) is 3. The predicted octanol–water partition coefficient (Wildman–Crippen LogP) is 4.85. The fourth-order valence-corrected chi connectivity index (χ4v) is 3.01. The van der Waals surface area contributed by atoms with Gasteiger partial charge in [0.05, 0.1) is 20.5 Å². The van der Waals surface area contributed by atoms with Gasteiger partial charge in [-0.1, -0.05) is 54.6 Å². The molecule has 1 N–H and O–H groups in total. The second-order valence-electron chi connectivity index (χ2n) is 6.96. The molecule has 1 heterocycles. The lowest BCUT2D eigenvalue weighted by Gasteiger charge is -2.14. The number of carbonyl (C=O) groups is 1. The van der Waals surface area contributed by atoms with Crippen LogP contribution < -0.4 is 10.1 Å². The number of nitrogens with one attached hydrogen (secondary N) is 1. The first-order valence-electron chi connectivity index (χ1n) is 10.1. The van der Waals surface area contributed by atoms with Crippen LogP contribution in [0, 0.1) is 0 Å². The van der Waals surface area contributed by atoms with Crippen LogP contribution >= 0.6 is 0 Å². The molecule has 34 heavy (non-hydrogen) atoms. The van der Waals surface area contributed by atoms with E-state index in [1.165, 1.54) is 20.5 Å². The van der Waals surface area contributed by atoms with Crippen molar-refractivity contribution in [1.29, 1.82) is 0 Å². The number of nitrogens with zero attached hydrogens (tertiary/aromatic N) is 2. The maximum atomic E-state index is 13.4. The van der Waals surface area contributed by atoms with Crippen molar-refractivity contribution < 1.29 is 32.2 Å². The SMILES string of the molecule is CO/C=C(/C(=O)OC)c1ccccc1COc1cc(C(F)(F)F)nc(NCc2ccccc2)n1. The summed E-state index contributed by atoms with van der Waals surface area (Å²) in [7, 11) is 2.61. The molecule has 0 aliphatic heterocycles. The molecule has 3 aromatic rings. The minimum absolute atomic E-state index is 0.132. The summed E-state index contributed by atoms with van der Waals surface area (Å²) in [4.78, 5) is 19.8. The number of carbonyl (C=O) groups excluding carboxylic acids is 1. The molecule has 1 aromatic heterocycles. The van der Waals surface area contributed by atoms with Crippen molar-refractivity contribution in [3.63, 3.8) is 0 Å². The normalized spacial score (nSPS) is 11.6. The summed E-state index contributed by atoms with van der Waals surface area (Å²) in [5, 5.41) is 2.79. The van der Waals surface area contributed by atoms with Crippen LogP contribution in [0.25, 0.3) is 5.57 Å². The molecule has 178 valence electrons. The van der Waals surface area contributed by atoms with Gasteiger partial charge in [0.15, 0.2) is 5.69 Å². The summed E-state index contributed by atoms with van der Waals surface area (Å²) >= 11 is 0. The summed E-state index contributed by atoms with van der Waals surface area (Å²) in [6, 6.07) is 16.6. The standard InChI is InChI=1S/C24H22F3N3O4/c1-32-15-19(22(31)33-2)18-11-7-6-10-17(18)14-34-21-12-20(24(25,26)27)29-23(30-21)28-13-16-8-4-3-5-9-16/h3-12,15H,13-14H2,1-2H3,(H,28,29,30)/b19-15+. The van der Waals surface area contributed by atoms with Crippen molar-refractivity contribution >= 4 is 17.5 Å². The van der Waals surface area contributed by atoms with Crippen LogP contribution in [0.4, 0.5) is 19.1 Å². The maximum Gasteiger partial charge on any atom is 0.433 e. The van der Waals surface area contributed by atoms with Crippen LogP contribution in [-0.4, -0.2) is 30.2 Å². The number of anilines is 1. The Bertz CT molecular complexity index is 1150. The van der Waals surface area contributed by atoms with Gasteiger partial charge in [-0.3, -0.25) is 0 Å². The fourth-order valence-electron chi connectivity index (χ4n) is 3.01. The highest BCUT2D eigenvalue weighted by Gasteiger charge is 2.34. The zero-order valence-electron chi connectivity index (χ0n) is 18.4. The number of alkyl halides is 3. The first-order valence-corrected chi connectivity index (χ1v) is 10.1. The predicted molar refractivity (Wildman–Crippen MR) is 119 cm³/mol. The molecular weight excluding hydrogens is 451 g/mol. The van der Waals surface area contributed by atoms with E-state index in [0.717, 1.165) is 11.6 Å². The minimum Gasteiger partial charge on any atom is -0.503 e. The van der Waals surface area contributed by atoms with Gasteiger partial charge >= 0.3 is 12.1 Å². The monoisotopic (exact) mass is 473 g/mol. The van der Waals surface area contributed by atoms with Crippen LogP contribution in [0.1, 0.15) is 22.4 Å². The second-order valence-corrected chi connectivity index (χ2v) is 6.96. The van der Waals surface area contributed by atoms with Crippen molar-refractivity contribution in [2.75, 3.05) is 19.5 Å². The van der Waals surface area contributed by atoms with Gasteiger partial charge < -0.3 is 19.5 Å². The van der Waals surface area contributed by atoms with E-state index < -0.39 is 17.8 Å². The lowest BCUT2D eigenvalue weighted by Crippen LogP contribution is -2.13. The van der Waals surface area contributed by atoms with Gasteiger partial charge in [-0.15, -0.1) is 0 Å². The quantitative estimate of drug-likeness (QED) is 0.270. The van der Waals surface area contributed by atoms with Gasteiger partial charge in [0.25, 0.3) is 0 Å². The lowest BCUT2D eigenvalue weighted by atomic mass is 10.0. The minimum atomic E-state index is -4.69. The Morgan fingerprint density at radius 3 is 2.41 bits per heavy atom. The molecule has 7 nitrogen and oxygen atoms in total. The van der Waals surface area contributed by atoms with Crippen molar-refractivity contribution in [2.24, 2.45) is 0 Å².